The highest BCUT2D eigenvalue weighted by molar-refractivity contribution is 6.30. The second-order valence-corrected chi connectivity index (χ2v) is 9.23. The summed E-state index contributed by atoms with van der Waals surface area (Å²) in [4.78, 5) is 19.0. The molecule has 1 aromatic carbocycles. The van der Waals surface area contributed by atoms with Gasteiger partial charge in [0.15, 0.2) is 5.65 Å². The molecule has 174 valence electrons. The number of carbonyl (C=O) groups excluding carboxylic acids is 1. The van der Waals surface area contributed by atoms with E-state index < -0.39 is 0 Å². The van der Waals surface area contributed by atoms with Gasteiger partial charge in [0.25, 0.3) is 0 Å². The lowest BCUT2D eigenvalue weighted by molar-refractivity contribution is -0.124. The summed E-state index contributed by atoms with van der Waals surface area (Å²) in [6.45, 7) is 3.55. The molecule has 3 aromatic rings. The van der Waals surface area contributed by atoms with Crippen molar-refractivity contribution in [2.24, 2.45) is 0 Å². The molecule has 2 aromatic heterocycles. The predicted octanol–water partition coefficient (Wildman–Crippen LogP) is 3.22. The van der Waals surface area contributed by atoms with Crippen LogP contribution < -0.4 is 10.6 Å². The Labute approximate surface area is 198 Å². The molecule has 0 spiro atoms. The average molecular weight is 469 g/mol. The van der Waals surface area contributed by atoms with Crippen molar-refractivity contribution in [1.82, 2.24) is 24.8 Å². The Bertz CT molecular complexity index is 1110. The molecule has 2 N–H and O–H groups in total. The van der Waals surface area contributed by atoms with Crippen LogP contribution in [0.1, 0.15) is 25.7 Å². The summed E-state index contributed by atoms with van der Waals surface area (Å²) in [7, 11) is 0. The maximum absolute atomic E-state index is 12.4. The van der Waals surface area contributed by atoms with Crippen LogP contribution in [0.3, 0.4) is 0 Å². The van der Waals surface area contributed by atoms with E-state index in [1.165, 1.54) is 0 Å². The van der Waals surface area contributed by atoms with E-state index in [4.69, 9.17) is 21.4 Å². The number of carbonyl (C=O) groups is 1. The van der Waals surface area contributed by atoms with Crippen LogP contribution in [0.25, 0.3) is 16.9 Å². The summed E-state index contributed by atoms with van der Waals surface area (Å²) < 4.78 is 7.20. The number of anilines is 1. The van der Waals surface area contributed by atoms with Gasteiger partial charge in [-0.05, 0) is 49.9 Å². The molecule has 9 heteroatoms. The van der Waals surface area contributed by atoms with Gasteiger partial charge in [0.05, 0.1) is 31.6 Å². The van der Waals surface area contributed by atoms with Crippen LogP contribution in [0.5, 0.6) is 0 Å². The van der Waals surface area contributed by atoms with Crippen LogP contribution in [0, 0.1) is 0 Å². The highest BCUT2D eigenvalue weighted by Crippen LogP contribution is 2.25. The minimum atomic E-state index is 0.120. The van der Waals surface area contributed by atoms with Crippen LogP contribution in [0.15, 0.2) is 42.6 Å². The van der Waals surface area contributed by atoms with Crippen LogP contribution in [0.4, 0.5) is 5.82 Å². The number of morpholine rings is 1. The normalized spacial score (nSPS) is 21.7. The topological polar surface area (TPSA) is 83.8 Å². The molecule has 3 heterocycles. The lowest BCUT2D eigenvalue weighted by Gasteiger charge is -2.31. The smallest absolute Gasteiger partial charge is 0.234 e. The fourth-order valence-electron chi connectivity index (χ4n) is 4.62. The molecule has 1 saturated carbocycles. The van der Waals surface area contributed by atoms with E-state index in [-0.39, 0.29) is 11.9 Å². The third-order valence-electron chi connectivity index (χ3n) is 6.40. The number of halogens is 1. The van der Waals surface area contributed by atoms with Crippen molar-refractivity contribution < 1.29 is 9.53 Å². The first-order valence-corrected chi connectivity index (χ1v) is 12.0. The third kappa shape index (κ3) is 5.46. The number of imidazole rings is 1. The van der Waals surface area contributed by atoms with Crippen molar-refractivity contribution >= 4 is 29.0 Å². The molecule has 2 aliphatic rings. The summed E-state index contributed by atoms with van der Waals surface area (Å²) in [5.41, 5.74) is 2.68. The summed E-state index contributed by atoms with van der Waals surface area (Å²) in [6, 6.07) is 12.2. The van der Waals surface area contributed by atoms with E-state index in [1.54, 1.807) is 0 Å². The molecule has 1 aliphatic heterocycles. The van der Waals surface area contributed by atoms with Gasteiger partial charge in [0.1, 0.15) is 5.82 Å². The number of benzene rings is 1. The lowest BCUT2D eigenvalue weighted by atomic mass is 9.91. The number of nitrogens with zero attached hydrogens (tertiary/aromatic N) is 4. The second-order valence-electron chi connectivity index (χ2n) is 8.79. The number of amides is 1. The van der Waals surface area contributed by atoms with E-state index in [1.807, 2.05) is 47.1 Å². The van der Waals surface area contributed by atoms with Gasteiger partial charge in [-0.15, -0.1) is 5.10 Å². The maximum Gasteiger partial charge on any atom is 0.234 e. The van der Waals surface area contributed by atoms with E-state index >= 15 is 0 Å². The molecule has 0 unspecified atom stereocenters. The third-order valence-corrected chi connectivity index (χ3v) is 6.63. The Morgan fingerprint density at radius 3 is 2.67 bits per heavy atom. The van der Waals surface area contributed by atoms with Crippen molar-refractivity contribution in [3.63, 3.8) is 0 Å². The molecule has 0 radical (unpaired) electrons. The van der Waals surface area contributed by atoms with Gasteiger partial charge in [-0.2, -0.15) is 0 Å². The van der Waals surface area contributed by atoms with Crippen LogP contribution in [-0.4, -0.2) is 70.3 Å². The Balaban J connectivity index is 1.16. The van der Waals surface area contributed by atoms with Gasteiger partial charge < -0.3 is 15.4 Å². The molecule has 1 saturated heterocycles. The highest BCUT2D eigenvalue weighted by Gasteiger charge is 2.24. The van der Waals surface area contributed by atoms with E-state index in [0.29, 0.717) is 30.8 Å². The second kappa shape index (κ2) is 10.1. The van der Waals surface area contributed by atoms with E-state index in [2.05, 4.69) is 20.5 Å². The SMILES string of the molecule is O=C(CN1CCOCC1)NC1CCC(Nc2ccc3ncc(-c4cccc(Cl)c4)n3n2)CC1. The zero-order chi connectivity index (χ0) is 22.6. The van der Waals surface area contributed by atoms with Crippen molar-refractivity contribution in [3.05, 3.63) is 47.6 Å². The van der Waals surface area contributed by atoms with Gasteiger partial charge in [-0.3, -0.25) is 9.69 Å². The average Bonchev–Trinajstić information content (AvgIpc) is 3.24. The van der Waals surface area contributed by atoms with E-state index in [9.17, 15) is 4.79 Å². The number of fused-ring (bicyclic) bond motifs is 1. The van der Waals surface area contributed by atoms with Crippen molar-refractivity contribution in [2.75, 3.05) is 38.2 Å². The fourth-order valence-corrected chi connectivity index (χ4v) is 4.81. The maximum atomic E-state index is 12.4. The van der Waals surface area contributed by atoms with Gasteiger partial charge in [-0.25, -0.2) is 9.50 Å². The summed E-state index contributed by atoms with van der Waals surface area (Å²) in [5, 5.41) is 12.3. The molecule has 5 rings (SSSR count). The Hall–Kier alpha value is -2.68. The number of aromatic nitrogens is 3. The monoisotopic (exact) mass is 468 g/mol. The molecule has 33 heavy (non-hydrogen) atoms. The zero-order valence-electron chi connectivity index (χ0n) is 18.5. The molecule has 8 nitrogen and oxygen atoms in total. The van der Waals surface area contributed by atoms with Crippen molar-refractivity contribution in [1.29, 1.82) is 0 Å². The fraction of sp³-hybridized carbons (Fsp3) is 0.458. The number of nitrogens with one attached hydrogen (secondary N) is 2. The summed E-state index contributed by atoms with van der Waals surface area (Å²) in [6.07, 6.45) is 5.74. The predicted molar refractivity (Wildman–Crippen MR) is 129 cm³/mol. The molecule has 0 bridgehead atoms. The largest absolute Gasteiger partial charge is 0.379 e. The standard InChI is InChI=1S/C24H29ClN6O2/c25-18-3-1-2-17(14-18)21-15-26-23-9-8-22(29-31(21)23)27-19-4-6-20(7-5-19)28-24(32)16-30-10-12-33-13-11-30/h1-3,8-9,14-15,19-20H,4-7,10-13,16H2,(H,27,29)(H,28,32). The highest BCUT2D eigenvalue weighted by atomic mass is 35.5. The summed E-state index contributed by atoms with van der Waals surface area (Å²) in [5.74, 6) is 0.942. The first-order chi connectivity index (χ1) is 16.1. The Kier molecular flexibility index (Phi) is 6.75. The minimum absolute atomic E-state index is 0.120. The zero-order valence-corrected chi connectivity index (χ0v) is 19.3. The van der Waals surface area contributed by atoms with E-state index in [0.717, 1.165) is 61.5 Å². The van der Waals surface area contributed by atoms with Gasteiger partial charge in [0, 0.05) is 35.8 Å². The number of hydrogen-bond donors (Lipinski definition) is 2. The van der Waals surface area contributed by atoms with Crippen LogP contribution in [0.2, 0.25) is 5.02 Å². The van der Waals surface area contributed by atoms with Gasteiger partial charge in [0.2, 0.25) is 5.91 Å². The van der Waals surface area contributed by atoms with Crippen molar-refractivity contribution in [2.45, 2.75) is 37.8 Å². The molecule has 2 fully saturated rings. The summed E-state index contributed by atoms with van der Waals surface area (Å²) >= 11 is 6.17. The first kappa shape index (κ1) is 22.1. The van der Waals surface area contributed by atoms with Crippen LogP contribution in [-0.2, 0) is 9.53 Å². The molecular formula is C24H29ClN6O2. The molecular weight excluding hydrogens is 440 g/mol. The quantitative estimate of drug-likeness (QED) is 0.578. The minimum Gasteiger partial charge on any atom is -0.379 e. The lowest BCUT2D eigenvalue weighted by Crippen LogP contribution is -2.47. The Morgan fingerprint density at radius 2 is 1.88 bits per heavy atom. The van der Waals surface area contributed by atoms with Gasteiger partial charge >= 0.3 is 0 Å². The number of rotatable bonds is 6. The molecule has 0 atom stereocenters. The molecule has 1 aliphatic carbocycles. The number of hydrogen-bond acceptors (Lipinski definition) is 6. The van der Waals surface area contributed by atoms with Crippen molar-refractivity contribution in [3.8, 4) is 11.3 Å². The number of ether oxygens (including phenoxy) is 1. The molecule has 1 amide bonds. The first-order valence-electron chi connectivity index (χ1n) is 11.6. The Morgan fingerprint density at radius 1 is 1.09 bits per heavy atom. The van der Waals surface area contributed by atoms with Gasteiger partial charge in [-0.1, -0.05) is 23.7 Å². The van der Waals surface area contributed by atoms with Crippen LogP contribution >= 0.6 is 11.6 Å².